The van der Waals surface area contributed by atoms with Gasteiger partial charge in [-0.25, -0.2) is 0 Å². The summed E-state index contributed by atoms with van der Waals surface area (Å²) >= 11 is 0. The molecular weight excluding hydrogens is 376 g/mol. The first-order valence-corrected chi connectivity index (χ1v) is 9.69. The summed E-state index contributed by atoms with van der Waals surface area (Å²) in [5.74, 6) is 0.399. The smallest absolute Gasteiger partial charge is 0.258 e. The maximum atomic E-state index is 13.4. The maximum absolute atomic E-state index is 13.4. The molecule has 4 rings (SSSR count). The number of fused-ring (bicyclic) bond motifs is 1. The minimum Gasteiger partial charge on any atom is -0.497 e. The van der Waals surface area contributed by atoms with Crippen molar-refractivity contribution in [2.24, 2.45) is 0 Å². The second kappa shape index (κ2) is 8.25. The van der Waals surface area contributed by atoms with Crippen molar-refractivity contribution in [2.75, 3.05) is 12.0 Å². The number of nitrogens with zero attached hydrogens (tertiary/aromatic N) is 1. The number of amides is 1. The molecule has 1 aromatic heterocycles. The number of rotatable bonds is 5. The largest absolute Gasteiger partial charge is 0.497 e. The standard InChI is InChI=1S/C25H22N2O3/c1-17-11-12-18-14-20(24(28)26-23(18)13-17)16-27(21-8-4-3-5-9-21)25(29)19-7-6-10-22(15-19)30-2/h3-15H,16H2,1-2H3,(H,26,28). The molecule has 0 spiro atoms. The molecule has 5 heteroatoms. The molecule has 0 fully saturated rings. The number of H-pyrrole nitrogens is 1. The van der Waals surface area contributed by atoms with E-state index in [-0.39, 0.29) is 18.0 Å². The molecule has 30 heavy (non-hydrogen) atoms. The quantitative estimate of drug-likeness (QED) is 0.530. The molecule has 3 aromatic carbocycles. The predicted molar refractivity (Wildman–Crippen MR) is 119 cm³/mol. The van der Waals surface area contributed by atoms with Crippen molar-refractivity contribution < 1.29 is 9.53 Å². The molecular formula is C25H22N2O3. The number of carbonyl (C=O) groups is 1. The zero-order chi connectivity index (χ0) is 21.1. The van der Waals surface area contributed by atoms with E-state index in [9.17, 15) is 9.59 Å². The van der Waals surface area contributed by atoms with Crippen molar-refractivity contribution in [3.8, 4) is 5.75 Å². The van der Waals surface area contributed by atoms with Crippen LogP contribution < -0.4 is 15.2 Å². The lowest BCUT2D eigenvalue weighted by Gasteiger charge is -2.23. The zero-order valence-electron chi connectivity index (χ0n) is 16.9. The predicted octanol–water partition coefficient (Wildman–Crippen LogP) is 4.69. The van der Waals surface area contributed by atoms with Crippen molar-refractivity contribution in [1.82, 2.24) is 4.98 Å². The van der Waals surface area contributed by atoms with Crippen LogP contribution in [0.15, 0.2) is 83.7 Å². The summed E-state index contributed by atoms with van der Waals surface area (Å²) in [4.78, 5) is 30.7. The summed E-state index contributed by atoms with van der Waals surface area (Å²) < 4.78 is 5.26. The highest BCUT2D eigenvalue weighted by molar-refractivity contribution is 6.06. The van der Waals surface area contributed by atoms with Crippen molar-refractivity contribution in [3.63, 3.8) is 0 Å². The number of pyridine rings is 1. The highest BCUT2D eigenvalue weighted by Gasteiger charge is 2.20. The van der Waals surface area contributed by atoms with Gasteiger partial charge in [-0.2, -0.15) is 0 Å². The molecule has 0 radical (unpaired) electrons. The van der Waals surface area contributed by atoms with Crippen LogP contribution in [0.2, 0.25) is 0 Å². The van der Waals surface area contributed by atoms with Crippen molar-refractivity contribution in [2.45, 2.75) is 13.5 Å². The first-order chi connectivity index (χ1) is 14.5. The van der Waals surface area contributed by atoms with Gasteiger partial charge in [0.15, 0.2) is 0 Å². The van der Waals surface area contributed by atoms with Gasteiger partial charge in [0, 0.05) is 22.3 Å². The molecule has 0 aliphatic rings. The second-order valence-electron chi connectivity index (χ2n) is 7.17. The highest BCUT2D eigenvalue weighted by Crippen LogP contribution is 2.22. The number of methoxy groups -OCH3 is 1. The number of nitrogens with one attached hydrogen (secondary N) is 1. The molecule has 0 unspecified atom stereocenters. The van der Waals surface area contributed by atoms with E-state index >= 15 is 0 Å². The molecule has 1 N–H and O–H groups in total. The Morgan fingerprint density at radius 2 is 1.77 bits per heavy atom. The van der Waals surface area contributed by atoms with Gasteiger partial charge in [-0.1, -0.05) is 36.4 Å². The minimum atomic E-state index is -0.205. The van der Waals surface area contributed by atoms with Crippen molar-refractivity contribution >= 4 is 22.5 Å². The molecule has 4 aromatic rings. The average Bonchev–Trinajstić information content (AvgIpc) is 2.78. The lowest BCUT2D eigenvalue weighted by atomic mass is 10.1. The molecule has 0 bridgehead atoms. The van der Waals surface area contributed by atoms with Crippen LogP contribution in [0.1, 0.15) is 21.5 Å². The number of carbonyl (C=O) groups excluding carboxylic acids is 1. The average molecular weight is 398 g/mol. The number of benzene rings is 3. The highest BCUT2D eigenvalue weighted by atomic mass is 16.5. The summed E-state index contributed by atoms with van der Waals surface area (Å²) in [6, 6.07) is 24.1. The van der Waals surface area contributed by atoms with E-state index in [1.165, 1.54) is 0 Å². The second-order valence-corrected chi connectivity index (χ2v) is 7.17. The van der Waals surface area contributed by atoms with Gasteiger partial charge in [0.2, 0.25) is 0 Å². The van der Waals surface area contributed by atoms with Crippen molar-refractivity contribution in [3.05, 3.63) is 106 Å². The number of para-hydroxylation sites is 1. The number of aryl methyl sites for hydroxylation is 1. The van der Waals surface area contributed by atoms with Gasteiger partial charge in [-0.3, -0.25) is 9.59 Å². The molecule has 0 aliphatic carbocycles. The minimum absolute atomic E-state index is 0.152. The first-order valence-electron chi connectivity index (χ1n) is 9.69. The van der Waals surface area contributed by atoms with Gasteiger partial charge in [0.25, 0.3) is 11.5 Å². The molecule has 5 nitrogen and oxygen atoms in total. The fourth-order valence-electron chi connectivity index (χ4n) is 3.45. The van der Waals surface area contributed by atoms with Crippen LogP contribution in [0, 0.1) is 6.92 Å². The molecule has 1 amide bonds. The SMILES string of the molecule is COc1cccc(C(=O)N(Cc2cc3ccc(C)cc3[nH]c2=O)c2ccccc2)c1. The van der Waals surface area contributed by atoms with Crippen molar-refractivity contribution in [1.29, 1.82) is 0 Å². The molecule has 0 saturated carbocycles. The summed E-state index contributed by atoms with van der Waals surface area (Å²) in [5, 5.41) is 0.928. The lowest BCUT2D eigenvalue weighted by Crippen LogP contribution is -2.32. The monoisotopic (exact) mass is 398 g/mol. The fourth-order valence-corrected chi connectivity index (χ4v) is 3.45. The van der Waals surface area contributed by atoms with Crippen LogP contribution in [0.3, 0.4) is 0 Å². The molecule has 150 valence electrons. The van der Waals surface area contributed by atoms with Gasteiger partial charge < -0.3 is 14.6 Å². The number of hydrogen-bond donors (Lipinski definition) is 1. The zero-order valence-corrected chi connectivity index (χ0v) is 16.9. The summed E-state index contributed by atoms with van der Waals surface area (Å²) in [7, 11) is 1.56. The van der Waals surface area contributed by atoms with Gasteiger partial charge in [0.1, 0.15) is 5.75 Å². The molecule has 1 heterocycles. The molecule has 0 saturated heterocycles. The normalized spacial score (nSPS) is 10.7. The van der Waals surface area contributed by atoms with Gasteiger partial charge in [0.05, 0.1) is 13.7 Å². The van der Waals surface area contributed by atoms with E-state index in [1.807, 2.05) is 61.5 Å². The number of ether oxygens (including phenoxy) is 1. The van der Waals surface area contributed by atoms with Crippen LogP contribution in [0.4, 0.5) is 5.69 Å². The Hall–Kier alpha value is -3.86. The summed E-state index contributed by atoms with van der Waals surface area (Å²) in [5.41, 5.74) is 3.39. The maximum Gasteiger partial charge on any atom is 0.258 e. The van der Waals surface area contributed by atoms with Crippen LogP contribution >= 0.6 is 0 Å². The third-order valence-electron chi connectivity index (χ3n) is 5.04. The van der Waals surface area contributed by atoms with Gasteiger partial charge in [-0.05, 0) is 60.3 Å². The van der Waals surface area contributed by atoms with E-state index in [0.717, 1.165) is 16.5 Å². The fraction of sp³-hybridized carbons (Fsp3) is 0.120. The van der Waals surface area contributed by atoms with E-state index < -0.39 is 0 Å². The number of hydrogen-bond acceptors (Lipinski definition) is 3. The summed E-state index contributed by atoms with van der Waals surface area (Å²) in [6.07, 6.45) is 0. The third-order valence-corrected chi connectivity index (χ3v) is 5.04. The Morgan fingerprint density at radius 1 is 0.967 bits per heavy atom. The topological polar surface area (TPSA) is 62.4 Å². The molecule has 0 atom stereocenters. The summed E-state index contributed by atoms with van der Waals surface area (Å²) in [6.45, 7) is 2.13. The Kier molecular flexibility index (Phi) is 5.35. The third kappa shape index (κ3) is 3.96. The van der Waals surface area contributed by atoms with E-state index in [1.54, 1.807) is 36.3 Å². The Balaban J connectivity index is 1.76. The molecule has 0 aliphatic heterocycles. The van der Waals surface area contributed by atoms with Crippen LogP contribution in [-0.2, 0) is 6.54 Å². The Labute approximate surface area is 174 Å². The number of anilines is 1. The van der Waals surface area contributed by atoms with E-state index in [0.29, 0.717) is 22.6 Å². The van der Waals surface area contributed by atoms with E-state index in [2.05, 4.69) is 4.98 Å². The number of aromatic nitrogens is 1. The van der Waals surface area contributed by atoms with Crippen LogP contribution in [0.25, 0.3) is 10.9 Å². The first kappa shape index (κ1) is 19.5. The Morgan fingerprint density at radius 3 is 2.53 bits per heavy atom. The number of aromatic amines is 1. The van der Waals surface area contributed by atoms with E-state index in [4.69, 9.17) is 4.74 Å². The van der Waals surface area contributed by atoms with Crippen LogP contribution in [0.5, 0.6) is 5.75 Å². The lowest BCUT2D eigenvalue weighted by molar-refractivity contribution is 0.0984. The van der Waals surface area contributed by atoms with Crippen LogP contribution in [-0.4, -0.2) is 18.0 Å². The van der Waals surface area contributed by atoms with Gasteiger partial charge in [-0.15, -0.1) is 0 Å². The van der Waals surface area contributed by atoms with Gasteiger partial charge >= 0.3 is 0 Å². The Bertz CT molecular complexity index is 1260.